The molecule has 0 saturated carbocycles. The van der Waals surface area contributed by atoms with Gasteiger partial charge in [-0.25, -0.2) is 9.86 Å². The monoisotopic (exact) mass is 549 g/mol. The van der Waals surface area contributed by atoms with Crippen molar-refractivity contribution in [2.75, 3.05) is 13.3 Å². The maximum atomic E-state index is 12.9. The van der Waals surface area contributed by atoms with Crippen LogP contribution in [0, 0.1) is 5.92 Å². The molecule has 1 aromatic carbocycles. The lowest BCUT2D eigenvalue weighted by Gasteiger charge is -2.29. The van der Waals surface area contributed by atoms with Gasteiger partial charge in [-0.1, -0.05) is 33.1 Å². The summed E-state index contributed by atoms with van der Waals surface area (Å²) in [7, 11) is 0. The number of rotatable bonds is 17. The van der Waals surface area contributed by atoms with Gasteiger partial charge in [-0.3, -0.25) is 19.6 Å². The van der Waals surface area contributed by atoms with Gasteiger partial charge in [-0.2, -0.15) is 0 Å². The van der Waals surface area contributed by atoms with E-state index in [4.69, 9.17) is 14.3 Å². The van der Waals surface area contributed by atoms with Crippen molar-refractivity contribution in [1.82, 2.24) is 15.7 Å². The number of carboxylic acids is 1. The molecule has 0 aliphatic rings. The number of aliphatic carboxylic acids is 1. The van der Waals surface area contributed by atoms with Crippen molar-refractivity contribution in [3.63, 3.8) is 0 Å². The molecule has 6 N–H and O–H groups in total. The SMILES string of the molecule is CCCCC[C@@H](C(=O)NCNC(=O)c1ccc(-c2cc(OCC(=O)O)cc(C(O)O)c2)o1)[C@@H](CC)N(O)C=O. The molecule has 3 amide bonds. The molecule has 13 nitrogen and oxygen atoms in total. The smallest absolute Gasteiger partial charge is 0.341 e. The van der Waals surface area contributed by atoms with Crippen LogP contribution in [-0.2, 0) is 14.4 Å². The van der Waals surface area contributed by atoms with Crippen LogP contribution < -0.4 is 15.4 Å². The Balaban J connectivity index is 2.07. The fraction of sp³-hybridized carbons (Fsp3) is 0.462. The van der Waals surface area contributed by atoms with Gasteiger partial charge >= 0.3 is 5.97 Å². The number of carbonyl (C=O) groups is 4. The van der Waals surface area contributed by atoms with E-state index in [-0.39, 0.29) is 35.9 Å². The van der Waals surface area contributed by atoms with E-state index in [0.717, 1.165) is 19.3 Å². The predicted molar refractivity (Wildman–Crippen MR) is 136 cm³/mol. The molecule has 0 bridgehead atoms. The van der Waals surface area contributed by atoms with E-state index in [2.05, 4.69) is 10.6 Å². The average molecular weight is 550 g/mol. The molecule has 0 saturated heterocycles. The van der Waals surface area contributed by atoms with Crippen molar-refractivity contribution in [3.8, 4) is 17.1 Å². The second-order valence-electron chi connectivity index (χ2n) is 8.80. The minimum atomic E-state index is -1.86. The van der Waals surface area contributed by atoms with Crippen molar-refractivity contribution < 1.29 is 48.9 Å². The van der Waals surface area contributed by atoms with E-state index in [1.807, 2.05) is 6.92 Å². The van der Waals surface area contributed by atoms with Gasteiger partial charge in [0.2, 0.25) is 12.3 Å². The molecule has 1 aromatic heterocycles. The maximum absolute atomic E-state index is 12.9. The zero-order valence-electron chi connectivity index (χ0n) is 21.8. The molecule has 0 radical (unpaired) electrons. The maximum Gasteiger partial charge on any atom is 0.341 e. The van der Waals surface area contributed by atoms with Crippen LogP contribution in [0.3, 0.4) is 0 Å². The van der Waals surface area contributed by atoms with E-state index in [1.54, 1.807) is 6.92 Å². The number of nitrogens with one attached hydrogen (secondary N) is 2. The lowest BCUT2D eigenvalue weighted by atomic mass is 9.90. The van der Waals surface area contributed by atoms with Gasteiger partial charge in [0.15, 0.2) is 18.7 Å². The van der Waals surface area contributed by atoms with Crippen molar-refractivity contribution in [2.24, 2.45) is 5.92 Å². The summed E-state index contributed by atoms with van der Waals surface area (Å²) < 4.78 is 10.7. The van der Waals surface area contributed by atoms with Crippen molar-refractivity contribution in [2.45, 2.75) is 58.3 Å². The number of furan rings is 1. The van der Waals surface area contributed by atoms with Crippen LogP contribution in [0.4, 0.5) is 0 Å². The lowest BCUT2D eigenvalue weighted by molar-refractivity contribution is -0.168. The van der Waals surface area contributed by atoms with E-state index in [9.17, 15) is 34.6 Å². The number of hydrogen-bond donors (Lipinski definition) is 6. The Kier molecular flexibility index (Phi) is 12.4. The highest BCUT2D eigenvalue weighted by atomic mass is 16.5. The summed E-state index contributed by atoms with van der Waals surface area (Å²) in [6.07, 6.45) is 1.78. The number of carbonyl (C=O) groups excluding carboxylic acids is 3. The molecule has 1 heterocycles. The van der Waals surface area contributed by atoms with Crippen LogP contribution in [0.1, 0.15) is 68.4 Å². The summed E-state index contributed by atoms with van der Waals surface area (Å²) in [6.45, 7) is 2.89. The van der Waals surface area contributed by atoms with Gasteiger partial charge in [-0.05, 0) is 43.2 Å². The number of nitrogens with zero attached hydrogens (tertiary/aromatic N) is 1. The molecule has 2 atom stereocenters. The first-order chi connectivity index (χ1) is 18.6. The summed E-state index contributed by atoms with van der Waals surface area (Å²) in [4.78, 5) is 47.3. The van der Waals surface area contributed by atoms with E-state index in [0.29, 0.717) is 23.5 Å². The van der Waals surface area contributed by atoms with Gasteiger partial charge in [-0.15, -0.1) is 0 Å². The number of benzene rings is 1. The minimum Gasteiger partial charge on any atom is -0.482 e. The number of carboxylic acid groups (broad SMARTS) is 1. The summed E-state index contributed by atoms with van der Waals surface area (Å²) in [5.74, 6) is -2.83. The van der Waals surface area contributed by atoms with Gasteiger partial charge in [0.05, 0.1) is 18.6 Å². The first kappa shape index (κ1) is 31.3. The minimum absolute atomic E-state index is 0.0212. The molecule has 0 spiro atoms. The first-order valence-electron chi connectivity index (χ1n) is 12.6. The summed E-state index contributed by atoms with van der Waals surface area (Å²) >= 11 is 0. The molecule has 2 rings (SSSR count). The molecule has 13 heteroatoms. The number of unbranched alkanes of at least 4 members (excludes halogenated alkanes) is 2. The highest BCUT2D eigenvalue weighted by Crippen LogP contribution is 2.30. The Bertz CT molecular complexity index is 1120. The standard InChI is InChI=1S/C26H35N3O10/c1-3-5-6-7-19(20(4-2)29(37)15-30)24(33)27-14-28-25(34)22-9-8-21(39-22)16-10-17(26(35)36)12-18(11-16)38-13-23(31)32/h8-12,15,19-20,26,35-37H,3-7,13-14H2,1-2H3,(H,27,33)(H,28,34)(H,31,32)/t19-,20-/m1/s1. The number of hydroxylamine groups is 2. The van der Waals surface area contributed by atoms with Crippen molar-refractivity contribution in [3.05, 3.63) is 41.7 Å². The van der Waals surface area contributed by atoms with Crippen LogP contribution >= 0.6 is 0 Å². The number of amides is 3. The fourth-order valence-electron chi connectivity index (χ4n) is 4.03. The van der Waals surface area contributed by atoms with Crippen LogP contribution in [0.5, 0.6) is 5.75 Å². The Morgan fingerprint density at radius 3 is 2.46 bits per heavy atom. The third-order valence-corrected chi connectivity index (χ3v) is 6.00. The molecular formula is C26H35N3O10. The average Bonchev–Trinajstić information content (AvgIpc) is 3.41. The highest BCUT2D eigenvalue weighted by molar-refractivity contribution is 5.92. The third kappa shape index (κ3) is 9.39. The molecule has 0 unspecified atom stereocenters. The fourth-order valence-corrected chi connectivity index (χ4v) is 4.03. The van der Waals surface area contributed by atoms with E-state index >= 15 is 0 Å². The zero-order valence-corrected chi connectivity index (χ0v) is 21.8. The first-order valence-corrected chi connectivity index (χ1v) is 12.6. The van der Waals surface area contributed by atoms with Crippen molar-refractivity contribution in [1.29, 1.82) is 0 Å². The topological polar surface area (TPSA) is 199 Å². The zero-order chi connectivity index (χ0) is 28.9. The van der Waals surface area contributed by atoms with E-state index < -0.39 is 42.6 Å². The van der Waals surface area contributed by atoms with Crippen molar-refractivity contribution >= 4 is 24.2 Å². The predicted octanol–water partition coefficient (Wildman–Crippen LogP) is 2.02. The third-order valence-electron chi connectivity index (χ3n) is 6.00. The van der Waals surface area contributed by atoms with Crippen LogP contribution in [0.2, 0.25) is 0 Å². The Morgan fingerprint density at radius 2 is 1.85 bits per heavy atom. The molecule has 214 valence electrons. The van der Waals surface area contributed by atoms with Crippen LogP contribution in [0.15, 0.2) is 34.7 Å². The van der Waals surface area contributed by atoms with Gasteiger partial charge < -0.3 is 35.1 Å². The summed E-state index contributed by atoms with van der Waals surface area (Å²) in [6, 6.07) is 6.19. The molecular weight excluding hydrogens is 514 g/mol. The Hall–Kier alpha value is -3.94. The summed E-state index contributed by atoms with van der Waals surface area (Å²) in [5.41, 5.74) is 0.325. The Morgan fingerprint density at radius 1 is 1.10 bits per heavy atom. The second kappa shape index (κ2) is 15.5. The molecule has 0 aliphatic heterocycles. The summed E-state index contributed by atoms with van der Waals surface area (Å²) in [5, 5.41) is 43.4. The van der Waals surface area contributed by atoms with Gasteiger partial charge in [0, 0.05) is 11.1 Å². The molecule has 39 heavy (non-hydrogen) atoms. The number of hydrogen-bond acceptors (Lipinski definition) is 9. The van der Waals surface area contributed by atoms with Gasteiger partial charge in [0.25, 0.3) is 5.91 Å². The van der Waals surface area contributed by atoms with E-state index in [1.165, 1.54) is 30.3 Å². The second-order valence-corrected chi connectivity index (χ2v) is 8.80. The quantitative estimate of drug-likeness (QED) is 0.0558. The number of aliphatic hydroxyl groups excluding tert-OH is 1. The normalized spacial score (nSPS) is 12.5. The van der Waals surface area contributed by atoms with Crippen LogP contribution in [0.25, 0.3) is 11.3 Å². The molecule has 0 aliphatic carbocycles. The Labute approximate surface area is 225 Å². The largest absolute Gasteiger partial charge is 0.482 e. The van der Waals surface area contributed by atoms with Crippen LogP contribution in [-0.4, -0.2) is 69.1 Å². The highest BCUT2D eigenvalue weighted by Gasteiger charge is 2.30. The lowest BCUT2D eigenvalue weighted by Crippen LogP contribution is -2.47. The molecule has 2 aromatic rings. The number of aliphatic hydroxyl groups is 2. The molecule has 0 fully saturated rings. The number of ether oxygens (including phenoxy) is 1. The van der Waals surface area contributed by atoms with Gasteiger partial charge in [0.1, 0.15) is 11.5 Å².